The number of halogens is 1. The van der Waals surface area contributed by atoms with Crippen molar-refractivity contribution in [1.29, 1.82) is 0 Å². The van der Waals surface area contributed by atoms with Gasteiger partial charge in [0.2, 0.25) is 5.88 Å². The number of aromatic nitrogens is 1. The van der Waals surface area contributed by atoms with Crippen molar-refractivity contribution in [3.05, 3.63) is 71.2 Å². The minimum absolute atomic E-state index is 0.514. The number of ether oxygens (including phenoxy) is 1. The van der Waals surface area contributed by atoms with Crippen LogP contribution < -0.4 is 4.74 Å². The molecule has 0 saturated carbocycles. The predicted molar refractivity (Wildman–Crippen MR) is 77.5 cm³/mol. The van der Waals surface area contributed by atoms with E-state index in [0.717, 1.165) is 16.5 Å². The Kier molecular flexibility index (Phi) is 3.34. The summed E-state index contributed by atoms with van der Waals surface area (Å²) in [5, 5.41) is 1.65. The number of nitrogens with zero attached hydrogens (tertiary/aromatic N) is 1. The van der Waals surface area contributed by atoms with Crippen molar-refractivity contribution in [1.82, 2.24) is 4.98 Å². The molecule has 2 aromatic carbocycles. The lowest BCUT2D eigenvalue weighted by Crippen LogP contribution is -1.97. The fourth-order valence-electron chi connectivity index (χ4n) is 1.91. The van der Waals surface area contributed by atoms with Crippen molar-refractivity contribution >= 4 is 22.5 Å². The minimum atomic E-state index is 0.514. The molecule has 19 heavy (non-hydrogen) atoms. The first-order valence-corrected chi connectivity index (χ1v) is 6.43. The van der Waals surface area contributed by atoms with Crippen LogP contribution in [-0.2, 0) is 6.61 Å². The Bertz CT molecular complexity index is 697. The first-order chi connectivity index (χ1) is 9.33. The molecular weight excluding hydrogens is 258 g/mol. The molecule has 1 heterocycles. The van der Waals surface area contributed by atoms with E-state index in [0.29, 0.717) is 17.5 Å². The van der Waals surface area contributed by atoms with Crippen LogP contribution in [-0.4, -0.2) is 4.98 Å². The molecular formula is C16H12ClNO. The van der Waals surface area contributed by atoms with Crippen molar-refractivity contribution in [2.45, 2.75) is 6.61 Å². The Morgan fingerprint density at radius 2 is 1.74 bits per heavy atom. The quantitative estimate of drug-likeness (QED) is 0.700. The fourth-order valence-corrected chi connectivity index (χ4v) is 2.14. The first kappa shape index (κ1) is 12.0. The van der Waals surface area contributed by atoms with Gasteiger partial charge in [-0.15, -0.1) is 0 Å². The van der Waals surface area contributed by atoms with Gasteiger partial charge in [0.25, 0.3) is 0 Å². The minimum Gasteiger partial charge on any atom is -0.473 e. The molecule has 0 saturated heterocycles. The van der Waals surface area contributed by atoms with E-state index in [4.69, 9.17) is 16.3 Å². The smallest absolute Gasteiger partial charge is 0.214 e. The van der Waals surface area contributed by atoms with Gasteiger partial charge < -0.3 is 4.74 Å². The molecule has 0 fully saturated rings. The number of fused-ring (bicyclic) bond motifs is 1. The summed E-state index contributed by atoms with van der Waals surface area (Å²) in [5.74, 6) is 0.610. The summed E-state index contributed by atoms with van der Waals surface area (Å²) in [7, 11) is 0. The average Bonchev–Trinajstić information content (AvgIpc) is 2.46. The van der Waals surface area contributed by atoms with Crippen molar-refractivity contribution < 1.29 is 4.74 Å². The number of rotatable bonds is 3. The predicted octanol–water partition coefficient (Wildman–Crippen LogP) is 4.47. The average molecular weight is 270 g/mol. The summed E-state index contributed by atoms with van der Waals surface area (Å²) in [6, 6.07) is 19.5. The second kappa shape index (κ2) is 5.29. The van der Waals surface area contributed by atoms with Gasteiger partial charge in [0.1, 0.15) is 6.61 Å². The molecule has 3 rings (SSSR count). The maximum atomic E-state index is 6.10. The SMILES string of the molecule is Clc1cccc2nc(OCc3ccccc3)ccc12. The topological polar surface area (TPSA) is 22.1 Å². The lowest BCUT2D eigenvalue weighted by molar-refractivity contribution is 0.295. The summed E-state index contributed by atoms with van der Waals surface area (Å²) in [6.07, 6.45) is 0. The highest BCUT2D eigenvalue weighted by Gasteiger charge is 2.02. The van der Waals surface area contributed by atoms with E-state index >= 15 is 0 Å². The Hall–Kier alpha value is -2.06. The van der Waals surface area contributed by atoms with Crippen LogP contribution in [0.25, 0.3) is 10.9 Å². The van der Waals surface area contributed by atoms with Gasteiger partial charge in [-0.05, 0) is 23.8 Å². The van der Waals surface area contributed by atoms with Crippen molar-refractivity contribution in [2.75, 3.05) is 0 Å². The Balaban J connectivity index is 1.82. The molecule has 0 aliphatic rings. The van der Waals surface area contributed by atoms with Crippen LogP contribution in [0.4, 0.5) is 0 Å². The normalized spacial score (nSPS) is 10.6. The van der Waals surface area contributed by atoms with E-state index in [9.17, 15) is 0 Å². The molecule has 0 aliphatic heterocycles. The van der Waals surface area contributed by atoms with Gasteiger partial charge in [-0.1, -0.05) is 48.0 Å². The van der Waals surface area contributed by atoms with E-state index in [1.54, 1.807) is 0 Å². The molecule has 2 nitrogen and oxygen atoms in total. The Labute approximate surface area is 116 Å². The first-order valence-electron chi connectivity index (χ1n) is 6.05. The van der Waals surface area contributed by atoms with Gasteiger partial charge in [0.15, 0.2) is 0 Å². The highest BCUT2D eigenvalue weighted by Crippen LogP contribution is 2.24. The third-order valence-corrected chi connectivity index (χ3v) is 3.21. The van der Waals surface area contributed by atoms with Crippen LogP contribution in [0.1, 0.15) is 5.56 Å². The molecule has 0 bridgehead atoms. The molecule has 0 radical (unpaired) electrons. The Morgan fingerprint density at radius 3 is 2.58 bits per heavy atom. The van der Waals surface area contributed by atoms with Gasteiger partial charge in [0.05, 0.1) is 5.52 Å². The molecule has 0 atom stereocenters. The molecule has 0 spiro atoms. The maximum Gasteiger partial charge on any atom is 0.214 e. The summed E-state index contributed by atoms with van der Waals surface area (Å²) in [6.45, 7) is 0.514. The van der Waals surface area contributed by atoms with E-state index in [-0.39, 0.29) is 0 Å². The van der Waals surface area contributed by atoms with Crippen LogP contribution >= 0.6 is 11.6 Å². The van der Waals surface area contributed by atoms with Crippen LogP contribution in [0.3, 0.4) is 0 Å². The molecule has 0 amide bonds. The zero-order valence-electron chi connectivity index (χ0n) is 10.2. The van der Waals surface area contributed by atoms with Gasteiger partial charge >= 0.3 is 0 Å². The van der Waals surface area contributed by atoms with Gasteiger partial charge in [-0.25, -0.2) is 4.98 Å². The summed E-state index contributed by atoms with van der Waals surface area (Å²) in [4.78, 5) is 4.44. The monoisotopic (exact) mass is 269 g/mol. The molecule has 0 N–H and O–H groups in total. The van der Waals surface area contributed by atoms with Crippen LogP contribution in [0.2, 0.25) is 5.02 Å². The van der Waals surface area contributed by atoms with E-state index in [1.165, 1.54) is 0 Å². The zero-order chi connectivity index (χ0) is 13.1. The second-order valence-electron chi connectivity index (χ2n) is 4.23. The molecule has 1 aromatic heterocycles. The number of hydrogen-bond acceptors (Lipinski definition) is 2. The number of benzene rings is 2. The lowest BCUT2D eigenvalue weighted by atomic mass is 10.2. The zero-order valence-corrected chi connectivity index (χ0v) is 11.0. The summed E-state index contributed by atoms with van der Waals surface area (Å²) >= 11 is 6.10. The number of hydrogen-bond donors (Lipinski definition) is 0. The highest BCUT2D eigenvalue weighted by molar-refractivity contribution is 6.35. The van der Waals surface area contributed by atoms with Gasteiger partial charge in [0, 0.05) is 16.5 Å². The summed E-state index contributed by atoms with van der Waals surface area (Å²) < 4.78 is 5.69. The molecule has 3 aromatic rings. The summed E-state index contributed by atoms with van der Waals surface area (Å²) in [5.41, 5.74) is 1.97. The van der Waals surface area contributed by atoms with E-state index in [1.807, 2.05) is 60.7 Å². The van der Waals surface area contributed by atoms with Crippen molar-refractivity contribution in [2.24, 2.45) is 0 Å². The van der Waals surface area contributed by atoms with E-state index < -0.39 is 0 Å². The van der Waals surface area contributed by atoms with Gasteiger partial charge in [-0.3, -0.25) is 0 Å². The fraction of sp³-hybridized carbons (Fsp3) is 0.0625. The molecule has 3 heteroatoms. The molecule has 94 valence electrons. The van der Waals surface area contributed by atoms with Crippen molar-refractivity contribution in [3.63, 3.8) is 0 Å². The standard InChI is InChI=1S/C16H12ClNO/c17-14-7-4-8-15-13(14)9-10-16(18-15)19-11-12-5-2-1-3-6-12/h1-10H,11H2. The largest absolute Gasteiger partial charge is 0.473 e. The van der Waals surface area contributed by atoms with Crippen LogP contribution in [0.5, 0.6) is 5.88 Å². The lowest BCUT2D eigenvalue weighted by Gasteiger charge is -2.06. The third-order valence-electron chi connectivity index (χ3n) is 2.88. The van der Waals surface area contributed by atoms with Gasteiger partial charge in [-0.2, -0.15) is 0 Å². The molecule has 0 unspecified atom stereocenters. The Morgan fingerprint density at radius 1 is 0.895 bits per heavy atom. The van der Waals surface area contributed by atoms with Crippen molar-refractivity contribution in [3.8, 4) is 5.88 Å². The molecule has 0 aliphatic carbocycles. The van der Waals surface area contributed by atoms with Crippen LogP contribution in [0, 0.1) is 0 Å². The van der Waals surface area contributed by atoms with E-state index in [2.05, 4.69) is 4.98 Å². The second-order valence-corrected chi connectivity index (χ2v) is 4.64. The number of pyridine rings is 1. The van der Waals surface area contributed by atoms with Crippen LogP contribution in [0.15, 0.2) is 60.7 Å². The third kappa shape index (κ3) is 2.69. The maximum absolute atomic E-state index is 6.10. The highest BCUT2D eigenvalue weighted by atomic mass is 35.5.